The quantitative estimate of drug-likeness (QED) is 0.337. The molecule has 0 aliphatic heterocycles. The normalized spacial score (nSPS) is 11.6. The van der Waals surface area contributed by atoms with E-state index in [-0.39, 0.29) is 24.7 Å². The summed E-state index contributed by atoms with van der Waals surface area (Å²) in [5.74, 6) is -1.19. The molecule has 5 N–H and O–H groups in total. The molecule has 3 amide bonds. The second-order valence-electron chi connectivity index (χ2n) is 6.09. The first kappa shape index (κ1) is 21.4. The highest BCUT2D eigenvalue weighted by Crippen LogP contribution is 2.21. The maximum absolute atomic E-state index is 13.9. The molecule has 1 atom stereocenters. The Kier molecular flexibility index (Phi) is 9.74. The van der Waals surface area contributed by atoms with Gasteiger partial charge < -0.3 is 21.5 Å². The van der Waals surface area contributed by atoms with Crippen molar-refractivity contribution in [3.05, 3.63) is 29.6 Å². The Morgan fingerprint density at radius 3 is 2.54 bits per heavy atom. The summed E-state index contributed by atoms with van der Waals surface area (Å²) >= 11 is 0. The Hall–Kier alpha value is -2.64. The van der Waals surface area contributed by atoms with Gasteiger partial charge in [0.1, 0.15) is 6.61 Å². The van der Waals surface area contributed by atoms with E-state index < -0.39 is 17.8 Å². The Bertz CT molecular complexity index is 610. The third-order valence-corrected chi connectivity index (χ3v) is 3.87. The van der Waals surface area contributed by atoms with Crippen molar-refractivity contribution in [3.8, 4) is 5.75 Å². The summed E-state index contributed by atoms with van der Waals surface area (Å²) < 4.78 is 19.4. The van der Waals surface area contributed by atoms with Crippen molar-refractivity contribution in [1.29, 1.82) is 0 Å². The smallest absolute Gasteiger partial charge is 0.217 e. The van der Waals surface area contributed by atoms with E-state index in [0.29, 0.717) is 19.3 Å². The zero-order valence-electron chi connectivity index (χ0n) is 14.7. The second kappa shape index (κ2) is 11.8. The van der Waals surface area contributed by atoms with Crippen LogP contribution >= 0.6 is 0 Å². The molecule has 144 valence electrons. The van der Waals surface area contributed by atoms with Crippen molar-refractivity contribution in [2.45, 2.75) is 51.0 Å². The van der Waals surface area contributed by atoms with Crippen LogP contribution in [0.3, 0.4) is 0 Å². The maximum atomic E-state index is 13.9. The molecule has 0 bridgehead atoms. The average Bonchev–Trinajstić information content (AvgIpc) is 2.58. The number of primary amides is 2. The zero-order chi connectivity index (χ0) is 19.4. The van der Waals surface area contributed by atoms with Gasteiger partial charge in [-0.2, -0.15) is 0 Å². The molecular weight excluding hydrogens is 341 g/mol. The summed E-state index contributed by atoms with van der Waals surface area (Å²) in [6.45, 7) is 0.0327. The van der Waals surface area contributed by atoms with E-state index in [1.165, 1.54) is 6.07 Å². The summed E-state index contributed by atoms with van der Waals surface area (Å²) in [6.07, 6.45) is 4.47. The molecule has 1 aromatic rings. The molecule has 1 aromatic carbocycles. The molecule has 26 heavy (non-hydrogen) atoms. The van der Waals surface area contributed by atoms with Crippen LogP contribution < -0.4 is 21.5 Å². The van der Waals surface area contributed by atoms with Crippen molar-refractivity contribution in [3.63, 3.8) is 0 Å². The highest BCUT2D eigenvalue weighted by atomic mass is 19.1. The number of unbranched alkanes of at least 4 members (excludes halogenated alkanes) is 2. The lowest BCUT2D eigenvalue weighted by Gasteiger charge is -2.17. The number of carbonyl (C=O) groups is 3. The number of carbonyl (C=O) groups excluding carboxylic acids is 3. The first-order chi connectivity index (χ1) is 12.4. The topological polar surface area (TPSA) is 125 Å². The van der Waals surface area contributed by atoms with Crippen LogP contribution in [0.15, 0.2) is 18.2 Å². The molecule has 0 fully saturated rings. The molecule has 0 unspecified atom stereocenters. The van der Waals surface area contributed by atoms with Crippen LogP contribution in [-0.4, -0.2) is 30.9 Å². The number of rotatable bonds is 14. The Morgan fingerprint density at radius 1 is 1.15 bits per heavy atom. The van der Waals surface area contributed by atoms with Crippen LogP contribution in [0.4, 0.5) is 4.39 Å². The Balaban J connectivity index is 2.52. The van der Waals surface area contributed by atoms with Gasteiger partial charge in [-0.15, -0.1) is 0 Å². The van der Waals surface area contributed by atoms with Crippen LogP contribution in [-0.2, 0) is 20.8 Å². The SMILES string of the molecule is NC(=O)CCCCCc1ccc(F)c(OC[C@H](CCC(N)=O)NC=O)c1. The lowest BCUT2D eigenvalue weighted by atomic mass is 10.1. The minimum Gasteiger partial charge on any atom is -0.488 e. The molecular formula is C18H26FN3O4. The number of aryl methyl sites for hydroxylation is 1. The van der Waals surface area contributed by atoms with Gasteiger partial charge in [0, 0.05) is 12.8 Å². The fourth-order valence-corrected chi connectivity index (χ4v) is 2.44. The number of nitrogens with one attached hydrogen (secondary N) is 1. The fourth-order valence-electron chi connectivity index (χ4n) is 2.44. The van der Waals surface area contributed by atoms with E-state index in [0.717, 1.165) is 31.2 Å². The number of amides is 3. The van der Waals surface area contributed by atoms with E-state index in [1.807, 2.05) is 0 Å². The van der Waals surface area contributed by atoms with Gasteiger partial charge in [0.25, 0.3) is 0 Å². The van der Waals surface area contributed by atoms with E-state index in [1.54, 1.807) is 12.1 Å². The van der Waals surface area contributed by atoms with Gasteiger partial charge >= 0.3 is 0 Å². The van der Waals surface area contributed by atoms with Crippen LogP contribution in [0, 0.1) is 5.82 Å². The van der Waals surface area contributed by atoms with Gasteiger partial charge in [-0.05, 0) is 43.4 Å². The summed E-state index contributed by atoms with van der Waals surface area (Å²) in [4.78, 5) is 32.1. The third kappa shape index (κ3) is 9.00. The fraction of sp³-hybridized carbons (Fsp3) is 0.500. The van der Waals surface area contributed by atoms with Gasteiger partial charge in [0.05, 0.1) is 6.04 Å². The average molecular weight is 367 g/mol. The molecule has 7 nitrogen and oxygen atoms in total. The predicted octanol–water partition coefficient (Wildman–Crippen LogP) is 1.17. The number of hydrogen-bond acceptors (Lipinski definition) is 4. The number of ether oxygens (including phenoxy) is 1. The lowest BCUT2D eigenvalue weighted by Crippen LogP contribution is -2.34. The van der Waals surface area contributed by atoms with Gasteiger partial charge in [-0.25, -0.2) is 4.39 Å². The van der Waals surface area contributed by atoms with Crippen molar-refractivity contribution in [1.82, 2.24) is 5.32 Å². The predicted molar refractivity (Wildman–Crippen MR) is 94.7 cm³/mol. The van der Waals surface area contributed by atoms with Crippen molar-refractivity contribution in [2.24, 2.45) is 11.5 Å². The van der Waals surface area contributed by atoms with Gasteiger partial charge in [-0.3, -0.25) is 14.4 Å². The monoisotopic (exact) mass is 367 g/mol. The number of hydrogen-bond donors (Lipinski definition) is 3. The van der Waals surface area contributed by atoms with Crippen molar-refractivity contribution >= 4 is 18.2 Å². The Morgan fingerprint density at radius 2 is 1.88 bits per heavy atom. The highest BCUT2D eigenvalue weighted by Gasteiger charge is 2.12. The largest absolute Gasteiger partial charge is 0.488 e. The molecule has 0 aromatic heterocycles. The van der Waals surface area contributed by atoms with Gasteiger partial charge in [0.2, 0.25) is 18.2 Å². The van der Waals surface area contributed by atoms with Gasteiger partial charge in [0.15, 0.2) is 11.6 Å². The summed E-state index contributed by atoms with van der Waals surface area (Å²) in [7, 11) is 0. The minimum atomic E-state index is -0.498. The standard InChI is InChI=1S/C18H26FN3O4/c19-15-8-6-13(4-2-1-3-5-17(20)24)10-16(15)26-11-14(22-12-23)7-9-18(21)25/h6,8,10,12,14H,1-5,7,9,11H2,(H2,20,24)(H2,21,25)(H,22,23)/t14-/m0/s1. The Labute approximate surface area is 152 Å². The molecule has 0 aliphatic rings. The van der Waals surface area contributed by atoms with E-state index in [4.69, 9.17) is 16.2 Å². The molecule has 0 aliphatic carbocycles. The third-order valence-electron chi connectivity index (χ3n) is 3.87. The first-order valence-corrected chi connectivity index (χ1v) is 8.60. The van der Waals surface area contributed by atoms with Crippen molar-refractivity contribution in [2.75, 3.05) is 6.61 Å². The van der Waals surface area contributed by atoms with E-state index in [9.17, 15) is 18.8 Å². The van der Waals surface area contributed by atoms with Crippen LogP contribution in [0.2, 0.25) is 0 Å². The highest BCUT2D eigenvalue weighted by molar-refractivity contribution is 5.74. The lowest BCUT2D eigenvalue weighted by molar-refractivity contribution is -0.119. The van der Waals surface area contributed by atoms with E-state index >= 15 is 0 Å². The molecule has 8 heteroatoms. The van der Waals surface area contributed by atoms with Crippen LogP contribution in [0.1, 0.15) is 44.1 Å². The molecule has 1 rings (SSSR count). The number of nitrogens with two attached hydrogens (primary N) is 2. The van der Waals surface area contributed by atoms with Gasteiger partial charge in [-0.1, -0.05) is 12.5 Å². The maximum Gasteiger partial charge on any atom is 0.217 e. The van der Waals surface area contributed by atoms with Crippen LogP contribution in [0.25, 0.3) is 0 Å². The molecule has 0 heterocycles. The number of benzene rings is 1. The minimum absolute atomic E-state index is 0.0327. The van der Waals surface area contributed by atoms with Crippen LogP contribution in [0.5, 0.6) is 5.75 Å². The zero-order valence-corrected chi connectivity index (χ0v) is 14.7. The number of halogens is 1. The molecule has 0 radical (unpaired) electrons. The second-order valence-corrected chi connectivity index (χ2v) is 6.09. The molecule has 0 saturated carbocycles. The van der Waals surface area contributed by atoms with Crippen molar-refractivity contribution < 1.29 is 23.5 Å². The summed E-state index contributed by atoms with van der Waals surface area (Å²) in [6, 6.07) is 4.21. The summed E-state index contributed by atoms with van der Waals surface area (Å²) in [5, 5.41) is 2.53. The molecule has 0 spiro atoms. The first-order valence-electron chi connectivity index (χ1n) is 8.60. The van der Waals surface area contributed by atoms with E-state index in [2.05, 4.69) is 5.32 Å². The molecule has 0 saturated heterocycles. The summed E-state index contributed by atoms with van der Waals surface area (Å²) in [5.41, 5.74) is 11.1.